The van der Waals surface area contributed by atoms with Gasteiger partial charge in [0.1, 0.15) is 0 Å². The summed E-state index contributed by atoms with van der Waals surface area (Å²) in [6.45, 7) is 2.37. The molecule has 3 rings (SSSR count). The van der Waals surface area contributed by atoms with Crippen molar-refractivity contribution in [3.05, 3.63) is 35.2 Å². The maximum absolute atomic E-state index is 12.5. The molecule has 26 heavy (non-hydrogen) atoms. The minimum absolute atomic E-state index is 0.214. The molecule has 0 saturated carbocycles. The number of amides is 1. The van der Waals surface area contributed by atoms with Crippen LogP contribution in [0, 0.1) is 0 Å². The van der Waals surface area contributed by atoms with E-state index in [1.54, 1.807) is 12.1 Å². The van der Waals surface area contributed by atoms with E-state index in [4.69, 9.17) is 18.9 Å². The Hall–Kier alpha value is -2.74. The van der Waals surface area contributed by atoms with Gasteiger partial charge in [-0.3, -0.25) is 9.48 Å². The monoisotopic (exact) mass is 361 g/mol. The third-order valence-corrected chi connectivity index (χ3v) is 4.31. The van der Waals surface area contributed by atoms with Crippen LogP contribution in [-0.4, -0.2) is 50.2 Å². The van der Waals surface area contributed by atoms with Crippen molar-refractivity contribution in [1.82, 2.24) is 15.1 Å². The topological polar surface area (TPSA) is 83.8 Å². The first kappa shape index (κ1) is 18.1. The van der Waals surface area contributed by atoms with Gasteiger partial charge in [-0.2, -0.15) is 5.10 Å². The van der Waals surface area contributed by atoms with Crippen molar-refractivity contribution in [3.63, 3.8) is 0 Å². The van der Waals surface area contributed by atoms with Gasteiger partial charge < -0.3 is 24.3 Å². The molecule has 1 N–H and O–H groups in total. The summed E-state index contributed by atoms with van der Waals surface area (Å²) in [4.78, 5) is 12.5. The van der Waals surface area contributed by atoms with E-state index < -0.39 is 0 Å². The van der Waals surface area contributed by atoms with E-state index in [2.05, 4.69) is 10.4 Å². The molecule has 0 atom stereocenters. The summed E-state index contributed by atoms with van der Waals surface area (Å²) in [5, 5.41) is 7.27. The number of carbonyl (C=O) groups is 1. The summed E-state index contributed by atoms with van der Waals surface area (Å²) in [5.74, 6) is 1.13. The van der Waals surface area contributed by atoms with Crippen molar-refractivity contribution in [2.75, 3.05) is 34.5 Å². The highest BCUT2D eigenvalue weighted by Gasteiger charge is 2.18. The van der Waals surface area contributed by atoms with Gasteiger partial charge in [-0.1, -0.05) is 0 Å². The van der Waals surface area contributed by atoms with Crippen molar-refractivity contribution >= 4 is 5.91 Å². The SMILES string of the molecule is COc1cc(C(=O)NCCn2ncc3c2CCOC3)cc(OC)c1OC. The van der Waals surface area contributed by atoms with Crippen LogP contribution in [0.1, 0.15) is 21.6 Å². The van der Waals surface area contributed by atoms with E-state index >= 15 is 0 Å². The molecule has 0 bridgehead atoms. The molecule has 1 aromatic heterocycles. The van der Waals surface area contributed by atoms with Crippen LogP contribution in [0.3, 0.4) is 0 Å². The molecule has 1 aliphatic rings. The molecule has 2 heterocycles. The lowest BCUT2D eigenvalue weighted by atomic mass is 10.1. The van der Waals surface area contributed by atoms with Crippen LogP contribution in [0.2, 0.25) is 0 Å². The van der Waals surface area contributed by atoms with E-state index in [0.29, 0.717) is 49.1 Å². The number of carbonyl (C=O) groups excluding carboxylic acids is 1. The van der Waals surface area contributed by atoms with Gasteiger partial charge in [-0.05, 0) is 12.1 Å². The molecule has 0 saturated heterocycles. The number of nitrogens with zero attached hydrogens (tertiary/aromatic N) is 2. The summed E-state index contributed by atoms with van der Waals surface area (Å²) in [7, 11) is 4.56. The van der Waals surface area contributed by atoms with Gasteiger partial charge in [-0.15, -0.1) is 0 Å². The Balaban J connectivity index is 1.66. The smallest absolute Gasteiger partial charge is 0.251 e. The van der Waals surface area contributed by atoms with E-state index in [-0.39, 0.29) is 5.91 Å². The fourth-order valence-electron chi connectivity index (χ4n) is 2.99. The first-order valence-corrected chi connectivity index (χ1v) is 8.37. The van der Waals surface area contributed by atoms with Gasteiger partial charge in [0.2, 0.25) is 5.75 Å². The number of hydrogen-bond donors (Lipinski definition) is 1. The molecule has 8 nitrogen and oxygen atoms in total. The molecule has 1 aromatic carbocycles. The zero-order valence-electron chi connectivity index (χ0n) is 15.2. The number of aromatic nitrogens is 2. The first-order chi connectivity index (χ1) is 12.7. The largest absolute Gasteiger partial charge is 0.493 e. The normalized spacial score (nSPS) is 13.0. The van der Waals surface area contributed by atoms with E-state index in [1.807, 2.05) is 10.9 Å². The van der Waals surface area contributed by atoms with E-state index in [0.717, 1.165) is 12.0 Å². The number of nitrogens with one attached hydrogen (secondary N) is 1. The zero-order valence-corrected chi connectivity index (χ0v) is 15.2. The standard InChI is InChI=1S/C18H23N3O5/c1-23-15-8-12(9-16(24-2)17(15)25-3)18(22)19-5-6-21-14-4-7-26-11-13(14)10-20-21/h8-10H,4-7,11H2,1-3H3,(H,19,22). The predicted molar refractivity (Wildman–Crippen MR) is 94.0 cm³/mol. The molecule has 140 valence electrons. The van der Waals surface area contributed by atoms with Crippen molar-refractivity contribution < 1.29 is 23.7 Å². The lowest BCUT2D eigenvalue weighted by molar-refractivity contribution is 0.0949. The highest BCUT2D eigenvalue weighted by atomic mass is 16.5. The quantitative estimate of drug-likeness (QED) is 0.803. The number of benzene rings is 1. The molecule has 8 heteroatoms. The molecular formula is C18H23N3O5. The Bertz CT molecular complexity index is 762. The second-order valence-corrected chi connectivity index (χ2v) is 5.81. The van der Waals surface area contributed by atoms with Gasteiger partial charge in [0.15, 0.2) is 11.5 Å². The molecule has 2 aromatic rings. The molecular weight excluding hydrogens is 338 g/mol. The maximum atomic E-state index is 12.5. The molecule has 0 fully saturated rings. The molecule has 0 aliphatic carbocycles. The average molecular weight is 361 g/mol. The van der Waals surface area contributed by atoms with Crippen LogP contribution in [0.5, 0.6) is 17.2 Å². The van der Waals surface area contributed by atoms with Gasteiger partial charge in [-0.25, -0.2) is 0 Å². The fraction of sp³-hybridized carbons (Fsp3) is 0.444. The highest BCUT2D eigenvalue weighted by molar-refractivity contribution is 5.95. The van der Waals surface area contributed by atoms with Crippen LogP contribution in [-0.2, 0) is 24.3 Å². The Morgan fingerprint density at radius 2 is 1.96 bits per heavy atom. The lowest BCUT2D eigenvalue weighted by Gasteiger charge is -2.15. The Morgan fingerprint density at radius 1 is 1.23 bits per heavy atom. The van der Waals surface area contributed by atoms with Gasteiger partial charge >= 0.3 is 0 Å². The summed E-state index contributed by atoms with van der Waals surface area (Å²) in [6, 6.07) is 3.26. The van der Waals surface area contributed by atoms with Gasteiger partial charge in [0.25, 0.3) is 5.91 Å². The zero-order chi connectivity index (χ0) is 18.5. The van der Waals surface area contributed by atoms with E-state index in [1.165, 1.54) is 27.0 Å². The van der Waals surface area contributed by atoms with Gasteiger partial charge in [0.05, 0.1) is 47.3 Å². The number of hydrogen-bond acceptors (Lipinski definition) is 6. The number of rotatable bonds is 7. The van der Waals surface area contributed by atoms with Crippen LogP contribution >= 0.6 is 0 Å². The second kappa shape index (κ2) is 8.09. The van der Waals surface area contributed by atoms with Crippen LogP contribution < -0.4 is 19.5 Å². The Labute approximate surface area is 152 Å². The van der Waals surface area contributed by atoms with Crippen molar-refractivity contribution in [2.45, 2.75) is 19.6 Å². The number of methoxy groups -OCH3 is 3. The predicted octanol–water partition coefficient (Wildman–Crippen LogP) is 1.41. The molecule has 1 aliphatic heterocycles. The summed E-state index contributed by atoms with van der Waals surface area (Å²) >= 11 is 0. The lowest BCUT2D eigenvalue weighted by Crippen LogP contribution is -2.28. The summed E-state index contributed by atoms with van der Waals surface area (Å²) in [6.07, 6.45) is 2.67. The van der Waals surface area contributed by atoms with E-state index in [9.17, 15) is 4.79 Å². The minimum Gasteiger partial charge on any atom is -0.493 e. The maximum Gasteiger partial charge on any atom is 0.251 e. The Morgan fingerprint density at radius 3 is 2.62 bits per heavy atom. The number of ether oxygens (including phenoxy) is 4. The van der Waals surface area contributed by atoms with Crippen LogP contribution in [0.25, 0.3) is 0 Å². The fourth-order valence-corrected chi connectivity index (χ4v) is 2.99. The third kappa shape index (κ3) is 3.60. The van der Waals surface area contributed by atoms with Crippen molar-refractivity contribution in [2.24, 2.45) is 0 Å². The van der Waals surface area contributed by atoms with Crippen LogP contribution in [0.15, 0.2) is 18.3 Å². The minimum atomic E-state index is -0.214. The molecule has 0 spiro atoms. The second-order valence-electron chi connectivity index (χ2n) is 5.81. The summed E-state index contributed by atoms with van der Waals surface area (Å²) in [5.41, 5.74) is 2.74. The molecule has 1 amide bonds. The third-order valence-electron chi connectivity index (χ3n) is 4.31. The summed E-state index contributed by atoms with van der Waals surface area (Å²) < 4.78 is 23.2. The van der Waals surface area contributed by atoms with Crippen LogP contribution in [0.4, 0.5) is 0 Å². The Kier molecular flexibility index (Phi) is 5.62. The average Bonchev–Trinajstić information content (AvgIpc) is 3.09. The first-order valence-electron chi connectivity index (χ1n) is 8.37. The van der Waals surface area contributed by atoms with Crippen molar-refractivity contribution in [3.8, 4) is 17.2 Å². The van der Waals surface area contributed by atoms with Gasteiger partial charge in [0, 0.05) is 29.8 Å². The molecule has 0 unspecified atom stereocenters. The number of fused-ring (bicyclic) bond motifs is 1. The highest BCUT2D eigenvalue weighted by Crippen LogP contribution is 2.38. The van der Waals surface area contributed by atoms with Crippen molar-refractivity contribution in [1.29, 1.82) is 0 Å². The molecule has 0 radical (unpaired) electrons.